The fourth-order valence-corrected chi connectivity index (χ4v) is 5.14. The highest BCUT2D eigenvalue weighted by Gasteiger charge is 2.28. The van der Waals surface area contributed by atoms with Crippen molar-refractivity contribution in [3.05, 3.63) is 71.1 Å². The van der Waals surface area contributed by atoms with Crippen molar-refractivity contribution in [3.63, 3.8) is 0 Å². The summed E-state index contributed by atoms with van der Waals surface area (Å²) in [6, 6.07) is 14.9. The molecule has 2 aromatic carbocycles. The van der Waals surface area contributed by atoms with Gasteiger partial charge in [-0.2, -0.15) is 0 Å². The van der Waals surface area contributed by atoms with Crippen molar-refractivity contribution in [2.75, 3.05) is 13.7 Å². The first kappa shape index (κ1) is 18.3. The minimum atomic E-state index is -3.67. The van der Waals surface area contributed by atoms with Crippen LogP contribution in [0, 0.1) is 6.92 Å². The summed E-state index contributed by atoms with van der Waals surface area (Å²) in [5, 5.41) is 0. The van der Waals surface area contributed by atoms with Crippen LogP contribution in [0.4, 0.5) is 0 Å². The topological polar surface area (TPSA) is 46.6 Å². The van der Waals surface area contributed by atoms with E-state index in [2.05, 4.69) is 28.7 Å². The van der Waals surface area contributed by atoms with E-state index in [1.807, 2.05) is 25.1 Å². The second-order valence-electron chi connectivity index (χ2n) is 6.01. The van der Waals surface area contributed by atoms with Crippen molar-refractivity contribution >= 4 is 36.2 Å². The van der Waals surface area contributed by atoms with Gasteiger partial charge in [0.05, 0.1) is 15.1 Å². The predicted molar refractivity (Wildman–Crippen MR) is 108 cm³/mol. The normalized spacial score (nSPS) is 17.9. The van der Waals surface area contributed by atoms with Crippen molar-refractivity contribution in [3.8, 4) is 0 Å². The molecule has 0 aromatic heterocycles. The van der Waals surface area contributed by atoms with Crippen molar-refractivity contribution in [2.45, 2.75) is 24.7 Å². The summed E-state index contributed by atoms with van der Waals surface area (Å²) in [7, 11) is -2.12. The third-order valence-electron chi connectivity index (χ3n) is 4.24. The molecule has 0 fully saturated rings. The van der Waals surface area contributed by atoms with E-state index in [0.29, 0.717) is 12.5 Å². The molecule has 1 aliphatic heterocycles. The van der Waals surface area contributed by atoms with Crippen LogP contribution in [0.2, 0.25) is 0 Å². The molecule has 0 N–H and O–H groups in total. The van der Waals surface area contributed by atoms with Crippen molar-refractivity contribution < 1.29 is 13.2 Å². The standard InChI is InChI=1S/C19H20INO3S/c1-14-9-11-16(12-10-14)25(22,23)21(2)19-18(20)17-8-4-3-6-15(17)7-5-13-24-19/h3-4,6,8-12H,5,7,13H2,1-2H3/b19-18+. The summed E-state index contributed by atoms with van der Waals surface area (Å²) in [4.78, 5) is 0.260. The summed E-state index contributed by atoms with van der Waals surface area (Å²) < 4.78 is 33.9. The van der Waals surface area contributed by atoms with E-state index in [0.717, 1.165) is 27.5 Å². The molecule has 6 heteroatoms. The molecule has 0 unspecified atom stereocenters. The van der Waals surface area contributed by atoms with E-state index in [9.17, 15) is 8.42 Å². The number of halogens is 1. The van der Waals surface area contributed by atoms with Crippen LogP contribution in [0.1, 0.15) is 23.1 Å². The summed E-state index contributed by atoms with van der Waals surface area (Å²) in [6.07, 6.45) is 1.77. The van der Waals surface area contributed by atoms with Gasteiger partial charge >= 0.3 is 0 Å². The Kier molecular flexibility index (Phi) is 5.38. The first-order valence-electron chi connectivity index (χ1n) is 8.07. The minimum Gasteiger partial charge on any atom is -0.478 e. The van der Waals surface area contributed by atoms with E-state index in [1.165, 1.54) is 9.87 Å². The summed E-state index contributed by atoms with van der Waals surface area (Å²) >= 11 is 2.18. The van der Waals surface area contributed by atoms with E-state index in [4.69, 9.17) is 4.74 Å². The van der Waals surface area contributed by atoms with Crippen LogP contribution in [0.25, 0.3) is 3.58 Å². The number of aryl methyl sites for hydroxylation is 2. The number of hydrogen-bond donors (Lipinski definition) is 0. The number of rotatable bonds is 3. The Morgan fingerprint density at radius 1 is 1.08 bits per heavy atom. The van der Waals surface area contributed by atoms with E-state index in [1.54, 1.807) is 31.3 Å². The van der Waals surface area contributed by atoms with Gasteiger partial charge in [0.2, 0.25) is 5.88 Å². The molecular formula is C19H20INO3S. The fourth-order valence-electron chi connectivity index (χ4n) is 2.77. The van der Waals surface area contributed by atoms with Gasteiger partial charge in [0, 0.05) is 7.05 Å². The Bertz CT molecular complexity index is 905. The monoisotopic (exact) mass is 469 g/mol. The molecule has 3 rings (SSSR count). The highest BCUT2D eigenvalue weighted by molar-refractivity contribution is 14.1. The number of sulfonamides is 1. The number of nitrogens with zero attached hydrogens (tertiary/aromatic N) is 1. The molecule has 0 spiro atoms. The second-order valence-corrected chi connectivity index (χ2v) is 9.06. The maximum Gasteiger partial charge on any atom is 0.266 e. The molecule has 0 amide bonds. The minimum absolute atomic E-state index is 0.260. The number of fused-ring (bicyclic) bond motifs is 1. The zero-order chi connectivity index (χ0) is 18.0. The summed E-state index contributed by atoms with van der Waals surface area (Å²) in [6.45, 7) is 2.42. The smallest absolute Gasteiger partial charge is 0.266 e. The van der Waals surface area contributed by atoms with Crippen LogP contribution >= 0.6 is 22.6 Å². The van der Waals surface area contributed by atoms with Crippen LogP contribution in [-0.2, 0) is 21.2 Å². The molecule has 0 saturated heterocycles. The molecule has 1 aliphatic rings. The maximum absolute atomic E-state index is 13.0. The summed E-state index contributed by atoms with van der Waals surface area (Å²) in [5.41, 5.74) is 3.27. The number of hydrogen-bond acceptors (Lipinski definition) is 3. The Hall–Kier alpha value is -1.54. The third kappa shape index (κ3) is 3.69. The molecule has 2 aromatic rings. The molecule has 0 saturated carbocycles. The molecule has 25 heavy (non-hydrogen) atoms. The Labute approximate surface area is 162 Å². The number of ether oxygens (including phenoxy) is 1. The van der Waals surface area contributed by atoms with Crippen molar-refractivity contribution in [1.29, 1.82) is 0 Å². The number of benzene rings is 2. The molecule has 132 valence electrons. The van der Waals surface area contributed by atoms with Crippen LogP contribution in [0.5, 0.6) is 0 Å². The first-order valence-corrected chi connectivity index (χ1v) is 10.6. The molecular weight excluding hydrogens is 449 g/mol. The lowest BCUT2D eigenvalue weighted by molar-refractivity contribution is 0.162. The van der Waals surface area contributed by atoms with E-state index in [-0.39, 0.29) is 4.90 Å². The Morgan fingerprint density at radius 2 is 1.76 bits per heavy atom. The van der Waals surface area contributed by atoms with Crippen LogP contribution < -0.4 is 0 Å². The second kappa shape index (κ2) is 7.37. The molecule has 4 nitrogen and oxygen atoms in total. The van der Waals surface area contributed by atoms with Gasteiger partial charge in [-0.3, -0.25) is 0 Å². The quantitative estimate of drug-likeness (QED) is 0.629. The van der Waals surface area contributed by atoms with Gasteiger partial charge in [-0.15, -0.1) is 0 Å². The molecule has 1 heterocycles. The van der Waals surface area contributed by atoms with Gasteiger partial charge in [-0.05, 0) is 65.6 Å². The molecule has 0 aliphatic carbocycles. The van der Waals surface area contributed by atoms with E-state index >= 15 is 0 Å². The molecule has 0 atom stereocenters. The van der Waals surface area contributed by atoms with Gasteiger partial charge in [-0.1, -0.05) is 42.0 Å². The highest BCUT2D eigenvalue weighted by Crippen LogP contribution is 2.34. The van der Waals surface area contributed by atoms with Gasteiger partial charge < -0.3 is 4.74 Å². The zero-order valence-electron chi connectivity index (χ0n) is 14.2. The zero-order valence-corrected chi connectivity index (χ0v) is 17.2. The average Bonchev–Trinajstić information content (AvgIpc) is 2.60. The van der Waals surface area contributed by atoms with Gasteiger partial charge in [0.25, 0.3) is 10.0 Å². The molecule has 0 radical (unpaired) electrons. The lowest BCUT2D eigenvalue weighted by Gasteiger charge is -2.26. The van der Waals surface area contributed by atoms with Crippen LogP contribution in [0.3, 0.4) is 0 Å². The summed E-state index contributed by atoms with van der Waals surface area (Å²) in [5.74, 6) is 0.383. The molecule has 0 bridgehead atoms. The van der Waals surface area contributed by atoms with Gasteiger partial charge in [-0.25, -0.2) is 12.7 Å². The van der Waals surface area contributed by atoms with Crippen molar-refractivity contribution in [2.24, 2.45) is 0 Å². The predicted octanol–water partition coefficient (Wildman–Crippen LogP) is 4.34. The van der Waals surface area contributed by atoms with E-state index < -0.39 is 10.0 Å². The van der Waals surface area contributed by atoms with Crippen LogP contribution in [0.15, 0.2) is 59.3 Å². The third-order valence-corrected chi connectivity index (χ3v) is 7.03. The largest absolute Gasteiger partial charge is 0.478 e. The highest BCUT2D eigenvalue weighted by atomic mass is 127. The Balaban J connectivity index is 2.07. The lowest BCUT2D eigenvalue weighted by atomic mass is 10.0. The SMILES string of the molecule is Cc1ccc(S(=O)(=O)N(C)/C2=C(\I)c3ccccc3CCCO2)cc1. The first-order chi connectivity index (χ1) is 11.9. The van der Waals surface area contributed by atoms with Gasteiger partial charge in [0.1, 0.15) is 0 Å². The average molecular weight is 469 g/mol. The fraction of sp³-hybridized carbons (Fsp3) is 0.263. The van der Waals surface area contributed by atoms with Crippen LogP contribution in [-0.4, -0.2) is 26.4 Å². The van der Waals surface area contributed by atoms with Crippen molar-refractivity contribution in [1.82, 2.24) is 4.31 Å². The Morgan fingerprint density at radius 3 is 2.48 bits per heavy atom. The maximum atomic E-state index is 13.0. The van der Waals surface area contributed by atoms with Gasteiger partial charge in [0.15, 0.2) is 0 Å². The lowest BCUT2D eigenvalue weighted by Crippen LogP contribution is -2.29.